The van der Waals surface area contributed by atoms with Crippen LogP contribution in [0.3, 0.4) is 0 Å². The van der Waals surface area contributed by atoms with Crippen molar-refractivity contribution >= 4 is 29.0 Å². The molecule has 1 aromatic heterocycles. The smallest absolute Gasteiger partial charge is 0.410 e. The van der Waals surface area contributed by atoms with E-state index in [1.807, 2.05) is 25.7 Å². The molecule has 4 nitrogen and oxygen atoms in total. The number of likely N-dealkylation sites (tertiary alicyclic amines) is 1. The van der Waals surface area contributed by atoms with Gasteiger partial charge in [-0.25, -0.2) is 4.79 Å². The highest BCUT2D eigenvalue weighted by Gasteiger charge is 2.51. The van der Waals surface area contributed by atoms with Gasteiger partial charge in [0.25, 0.3) is 0 Å². The van der Waals surface area contributed by atoms with Crippen molar-refractivity contribution in [2.24, 2.45) is 0 Å². The third kappa shape index (κ3) is 3.63. The number of carbonyl (C=O) groups is 1. The molecule has 3 heterocycles. The first-order valence-electron chi connectivity index (χ1n) is 10.2. The molecule has 1 aliphatic carbocycles. The first-order chi connectivity index (χ1) is 12.7. The third-order valence-corrected chi connectivity index (χ3v) is 7.63. The molecule has 1 spiro atoms. The van der Waals surface area contributed by atoms with E-state index in [2.05, 4.69) is 13.0 Å². The molecule has 1 amide bonds. The second-order valence-corrected chi connectivity index (χ2v) is 11.0. The lowest BCUT2D eigenvalue weighted by Crippen LogP contribution is -2.55. The zero-order valence-corrected chi connectivity index (χ0v) is 18.3. The molecule has 27 heavy (non-hydrogen) atoms. The van der Waals surface area contributed by atoms with Crippen molar-refractivity contribution in [1.82, 2.24) is 4.90 Å². The Morgan fingerprint density at radius 1 is 1.37 bits per heavy atom. The fourth-order valence-corrected chi connectivity index (χ4v) is 6.54. The van der Waals surface area contributed by atoms with Crippen LogP contribution in [-0.2, 0) is 15.1 Å². The summed E-state index contributed by atoms with van der Waals surface area (Å²) in [5.41, 5.74) is 0.638. The van der Waals surface area contributed by atoms with Crippen LogP contribution in [0, 0.1) is 0 Å². The van der Waals surface area contributed by atoms with Gasteiger partial charge in [-0.1, -0.05) is 24.4 Å². The Labute approximate surface area is 171 Å². The van der Waals surface area contributed by atoms with Crippen LogP contribution in [0.15, 0.2) is 6.07 Å². The molecule has 1 aromatic rings. The molecule has 150 valence electrons. The van der Waals surface area contributed by atoms with Gasteiger partial charge in [-0.15, -0.1) is 11.3 Å². The van der Waals surface area contributed by atoms with Crippen molar-refractivity contribution in [3.8, 4) is 0 Å². The summed E-state index contributed by atoms with van der Waals surface area (Å²) in [5.74, 6) is 0.488. The largest absolute Gasteiger partial charge is 0.444 e. The quantitative estimate of drug-likeness (QED) is 0.519. The van der Waals surface area contributed by atoms with Gasteiger partial charge in [0.15, 0.2) is 0 Å². The first-order valence-corrected chi connectivity index (χ1v) is 11.4. The van der Waals surface area contributed by atoms with Gasteiger partial charge in [-0.05, 0) is 58.6 Å². The highest BCUT2D eigenvalue weighted by atomic mass is 35.5. The van der Waals surface area contributed by atoms with Crippen LogP contribution < -0.4 is 0 Å². The second-order valence-electron chi connectivity index (χ2n) is 9.35. The molecule has 0 radical (unpaired) electrons. The molecular formula is C21H30ClNO3S. The lowest BCUT2D eigenvalue weighted by Gasteiger charge is -2.51. The summed E-state index contributed by atoms with van der Waals surface area (Å²) < 4.78 is 13.3. The highest BCUT2D eigenvalue weighted by molar-refractivity contribution is 7.16. The molecule has 3 unspecified atom stereocenters. The van der Waals surface area contributed by atoms with Crippen LogP contribution in [0.4, 0.5) is 4.79 Å². The number of carbonyl (C=O) groups excluding carboxylic acids is 1. The van der Waals surface area contributed by atoms with Crippen LogP contribution in [-0.4, -0.2) is 35.3 Å². The van der Waals surface area contributed by atoms with Crippen LogP contribution in [0.1, 0.15) is 82.6 Å². The molecule has 1 saturated carbocycles. The standard InChI is InChI=1S/C21H30ClNO3S/c1-13-12-21(9-10-23(13)19(24)26-20(2,3)4)18-15(11-17(22)27-18)14-7-5-6-8-16(14)25-21/h11,13-14,16H,5-10,12H2,1-4H3/t13-,14?,16?,21?/m1/s1. The predicted octanol–water partition coefficient (Wildman–Crippen LogP) is 6.07. The summed E-state index contributed by atoms with van der Waals surface area (Å²) in [5, 5.41) is 0. The average Bonchev–Trinajstić information content (AvgIpc) is 2.96. The minimum Gasteiger partial charge on any atom is -0.444 e. The Bertz CT molecular complexity index is 727. The van der Waals surface area contributed by atoms with Crippen molar-refractivity contribution in [2.45, 2.75) is 95.5 Å². The minimum atomic E-state index is -0.475. The minimum absolute atomic E-state index is 0.0717. The van der Waals surface area contributed by atoms with E-state index in [4.69, 9.17) is 21.1 Å². The van der Waals surface area contributed by atoms with E-state index >= 15 is 0 Å². The van der Waals surface area contributed by atoms with Crippen LogP contribution in [0.5, 0.6) is 0 Å². The third-order valence-electron chi connectivity index (χ3n) is 6.17. The lowest BCUT2D eigenvalue weighted by molar-refractivity contribution is -0.161. The molecule has 4 rings (SSSR count). The fraction of sp³-hybridized carbons (Fsp3) is 0.762. The summed E-state index contributed by atoms with van der Waals surface area (Å²) in [4.78, 5) is 15.8. The SMILES string of the molecule is C[C@@H]1CC2(CCN1C(=O)OC(C)(C)C)OC1CCCCC1c1cc(Cl)sc12. The molecule has 0 bridgehead atoms. The van der Waals surface area contributed by atoms with E-state index in [0.717, 1.165) is 23.6 Å². The summed E-state index contributed by atoms with van der Waals surface area (Å²) >= 11 is 8.13. The maximum atomic E-state index is 12.6. The number of hydrogen-bond donors (Lipinski definition) is 0. The van der Waals surface area contributed by atoms with Crippen molar-refractivity contribution in [1.29, 1.82) is 0 Å². The monoisotopic (exact) mass is 411 g/mol. The number of rotatable bonds is 0. The van der Waals surface area contributed by atoms with Crippen molar-refractivity contribution in [3.63, 3.8) is 0 Å². The zero-order valence-electron chi connectivity index (χ0n) is 16.7. The van der Waals surface area contributed by atoms with Gasteiger partial charge in [0.1, 0.15) is 11.2 Å². The van der Waals surface area contributed by atoms with Crippen molar-refractivity contribution < 1.29 is 14.3 Å². The Hall–Kier alpha value is -0.780. The second kappa shape index (κ2) is 6.93. The van der Waals surface area contributed by atoms with Crippen LogP contribution in [0.25, 0.3) is 0 Å². The molecule has 1 saturated heterocycles. The highest BCUT2D eigenvalue weighted by Crippen LogP contribution is 2.55. The summed E-state index contributed by atoms with van der Waals surface area (Å²) in [6.07, 6.45) is 6.52. The van der Waals surface area contributed by atoms with Gasteiger partial charge in [0.05, 0.1) is 10.4 Å². The number of fused-ring (bicyclic) bond motifs is 4. The van der Waals surface area contributed by atoms with E-state index in [-0.39, 0.29) is 23.8 Å². The van der Waals surface area contributed by atoms with E-state index < -0.39 is 5.60 Å². The maximum Gasteiger partial charge on any atom is 0.410 e. The summed E-state index contributed by atoms with van der Waals surface area (Å²) in [6.45, 7) is 8.50. The lowest BCUT2D eigenvalue weighted by atomic mass is 9.73. The number of halogens is 1. The van der Waals surface area contributed by atoms with Gasteiger partial charge in [0, 0.05) is 29.8 Å². The van der Waals surface area contributed by atoms with Crippen LogP contribution >= 0.6 is 22.9 Å². The molecular weight excluding hydrogens is 382 g/mol. The number of piperidine rings is 1. The van der Waals surface area contributed by atoms with Crippen LogP contribution in [0.2, 0.25) is 4.34 Å². The van der Waals surface area contributed by atoms with E-state index in [9.17, 15) is 4.79 Å². The number of nitrogens with zero attached hydrogens (tertiary/aromatic N) is 1. The molecule has 4 atom stereocenters. The van der Waals surface area contributed by atoms with E-state index in [1.54, 1.807) is 11.3 Å². The fourth-order valence-electron chi connectivity index (χ4n) is 5.06. The number of ether oxygens (including phenoxy) is 2. The van der Waals surface area contributed by atoms with Gasteiger partial charge < -0.3 is 14.4 Å². The molecule has 3 aliphatic rings. The number of hydrogen-bond acceptors (Lipinski definition) is 4. The Balaban J connectivity index is 1.60. The number of thiophene rings is 1. The van der Waals surface area contributed by atoms with Crippen molar-refractivity contribution in [2.75, 3.05) is 6.54 Å². The van der Waals surface area contributed by atoms with E-state index in [0.29, 0.717) is 12.5 Å². The molecule has 2 aliphatic heterocycles. The molecule has 0 N–H and O–H groups in total. The Kier molecular flexibility index (Phi) is 5.01. The van der Waals surface area contributed by atoms with E-state index in [1.165, 1.54) is 29.7 Å². The molecule has 6 heteroatoms. The normalized spacial score (nSPS) is 33.5. The Morgan fingerprint density at radius 2 is 2.11 bits per heavy atom. The van der Waals surface area contributed by atoms with Crippen molar-refractivity contribution in [3.05, 3.63) is 20.8 Å². The van der Waals surface area contributed by atoms with Gasteiger partial charge in [-0.3, -0.25) is 0 Å². The summed E-state index contributed by atoms with van der Waals surface area (Å²) in [6, 6.07) is 2.25. The molecule has 2 fully saturated rings. The van der Waals surface area contributed by atoms with Gasteiger partial charge in [-0.2, -0.15) is 0 Å². The average molecular weight is 412 g/mol. The maximum absolute atomic E-state index is 12.6. The zero-order chi connectivity index (χ0) is 19.4. The first kappa shape index (κ1) is 19.5. The number of amides is 1. The van der Waals surface area contributed by atoms with Gasteiger partial charge in [0.2, 0.25) is 0 Å². The van der Waals surface area contributed by atoms with Gasteiger partial charge >= 0.3 is 6.09 Å². The molecule has 0 aromatic carbocycles. The topological polar surface area (TPSA) is 38.8 Å². The summed E-state index contributed by atoms with van der Waals surface area (Å²) in [7, 11) is 0. The Morgan fingerprint density at radius 3 is 2.81 bits per heavy atom. The predicted molar refractivity (Wildman–Crippen MR) is 109 cm³/mol.